The van der Waals surface area contributed by atoms with Gasteiger partial charge in [0.25, 0.3) is 0 Å². The van der Waals surface area contributed by atoms with E-state index in [0.29, 0.717) is 19.1 Å². The van der Waals surface area contributed by atoms with Gasteiger partial charge in [-0.15, -0.1) is 0 Å². The zero-order chi connectivity index (χ0) is 12.5. The van der Waals surface area contributed by atoms with Crippen molar-refractivity contribution in [2.45, 2.75) is 39.2 Å². The predicted octanol–water partition coefficient (Wildman–Crippen LogP) is 0.903. The van der Waals surface area contributed by atoms with Crippen LogP contribution in [0.15, 0.2) is 0 Å². The molecule has 2 fully saturated rings. The van der Waals surface area contributed by atoms with Gasteiger partial charge in [0.1, 0.15) is 0 Å². The third-order valence-electron chi connectivity index (χ3n) is 4.60. The Morgan fingerprint density at radius 3 is 2.82 bits per heavy atom. The van der Waals surface area contributed by atoms with Crippen molar-refractivity contribution in [2.75, 3.05) is 19.8 Å². The van der Waals surface area contributed by atoms with E-state index in [2.05, 4.69) is 12.2 Å². The van der Waals surface area contributed by atoms with Crippen LogP contribution in [0.3, 0.4) is 0 Å². The molecular weight excluding hydrogens is 216 g/mol. The van der Waals surface area contributed by atoms with Gasteiger partial charge in [0.15, 0.2) is 0 Å². The molecule has 3 N–H and O–H groups in total. The third-order valence-corrected chi connectivity index (χ3v) is 4.60. The summed E-state index contributed by atoms with van der Waals surface area (Å²) in [6.45, 7) is 5.90. The highest BCUT2D eigenvalue weighted by Crippen LogP contribution is 2.31. The van der Waals surface area contributed by atoms with E-state index in [1.54, 1.807) is 0 Å². The number of carbonyl (C=O) groups excluding carboxylic acids is 1. The van der Waals surface area contributed by atoms with Gasteiger partial charge < -0.3 is 15.8 Å². The Morgan fingerprint density at radius 1 is 1.53 bits per heavy atom. The standard InChI is InChI=1S/C13H24N2O2/c1-9-4-3-5-10(9)6-15-12(16)13(2)8-17-7-11(13)14/h9-11H,3-8,14H2,1-2H3,(H,15,16). The minimum absolute atomic E-state index is 0.0570. The Labute approximate surface area is 103 Å². The summed E-state index contributed by atoms with van der Waals surface area (Å²) >= 11 is 0. The van der Waals surface area contributed by atoms with Crippen LogP contribution < -0.4 is 11.1 Å². The lowest BCUT2D eigenvalue weighted by Gasteiger charge is -2.27. The number of hydrogen-bond donors (Lipinski definition) is 2. The van der Waals surface area contributed by atoms with Gasteiger partial charge in [-0.05, 0) is 25.2 Å². The first-order valence-corrected chi connectivity index (χ1v) is 6.65. The van der Waals surface area contributed by atoms with Gasteiger partial charge in [0.05, 0.1) is 18.6 Å². The number of nitrogens with two attached hydrogens (primary N) is 1. The van der Waals surface area contributed by atoms with Gasteiger partial charge in [0, 0.05) is 12.6 Å². The van der Waals surface area contributed by atoms with Crippen LogP contribution in [0.2, 0.25) is 0 Å². The number of carbonyl (C=O) groups is 1. The van der Waals surface area contributed by atoms with Gasteiger partial charge in [-0.2, -0.15) is 0 Å². The van der Waals surface area contributed by atoms with Crippen LogP contribution >= 0.6 is 0 Å². The minimum atomic E-state index is -0.540. The molecule has 4 heteroatoms. The second-order valence-electron chi connectivity index (χ2n) is 5.92. The van der Waals surface area contributed by atoms with Crippen LogP contribution in [0.1, 0.15) is 33.1 Å². The van der Waals surface area contributed by atoms with Crippen molar-refractivity contribution in [2.24, 2.45) is 23.0 Å². The molecule has 0 bridgehead atoms. The molecule has 1 amide bonds. The van der Waals surface area contributed by atoms with Gasteiger partial charge in [0.2, 0.25) is 5.91 Å². The molecule has 2 aliphatic rings. The van der Waals surface area contributed by atoms with E-state index >= 15 is 0 Å². The Morgan fingerprint density at radius 2 is 2.29 bits per heavy atom. The number of nitrogens with one attached hydrogen (secondary N) is 1. The highest BCUT2D eigenvalue weighted by atomic mass is 16.5. The summed E-state index contributed by atoms with van der Waals surface area (Å²) in [5.41, 5.74) is 5.40. The van der Waals surface area contributed by atoms with E-state index in [9.17, 15) is 4.79 Å². The summed E-state index contributed by atoms with van der Waals surface area (Å²) in [7, 11) is 0. The highest BCUT2D eigenvalue weighted by Gasteiger charge is 2.44. The number of amides is 1. The van der Waals surface area contributed by atoms with Gasteiger partial charge in [-0.1, -0.05) is 19.8 Å². The van der Waals surface area contributed by atoms with Crippen molar-refractivity contribution in [1.82, 2.24) is 5.32 Å². The van der Waals surface area contributed by atoms with Crippen molar-refractivity contribution >= 4 is 5.91 Å². The molecule has 1 saturated carbocycles. The van der Waals surface area contributed by atoms with Crippen LogP contribution in [-0.2, 0) is 9.53 Å². The molecule has 1 heterocycles. The molecule has 0 spiro atoms. The Balaban J connectivity index is 1.84. The molecule has 1 saturated heterocycles. The fourth-order valence-corrected chi connectivity index (χ4v) is 2.87. The largest absolute Gasteiger partial charge is 0.379 e. The lowest BCUT2D eigenvalue weighted by atomic mass is 9.84. The molecule has 17 heavy (non-hydrogen) atoms. The van der Waals surface area contributed by atoms with Crippen LogP contribution in [-0.4, -0.2) is 31.7 Å². The smallest absolute Gasteiger partial charge is 0.229 e. The van der Waals surface area contributed by atoms with Crippen LogP contribution in [0.4, 0.5) is 0 Å². The summed E-state index contributed by atoms with van der Waals surface area (Å²) in [5.74, 6) is 1.43. The quantitative estimate of drug-likeness (QED) is 0.770. The van der Waals surface area contributed by atoms with E-state index in [4.69, 9.17) is 10.5 Å². The molecule has 0 aromatic carbocycles. The van der Waals surface area contributed by atoms with Crippen molar-refractivity contribution < 1.29 is 9.53 Å². The van der Waals surface area contributed by atoms with Crippen LogP contribution in [0.5, 0.6) is 0 Å². The lowest BCUT2D eigenvalue weighted by Crippen LogP contribution is -2.50. The molecule has 1 aliphatic carbocycles. The number of rotatable bonds is 3. The molecule has 0 aromatic heterocycles. The van der Waals surface area contributed by atoms with Gasteiger partial charge >= 0.3 is 0 Å². The summed E-state index contributed by atoms with van der Waals surface area (Å²) in [4.78, 5) is 12.2. The monoisotopic (exact) mass is 240 g/mol. The van der Waals surface area contributed by atoms with Crippen molar-refractivity contribution in [3.63, 3.8) is 0 Å². The fourth-order valence-electron chi connectivity index (χ4n) is 2.87. The maximum Gasteiger partial charge on any atom is 0.229 e. The topological polar surface area (TPSA) is 64.3 Å². The van der Waals surface area contributed by atoms with E-state index in [1.807, 2.05) is 6.92 Å². The molecule has 0 radical (unpaired) electrons. The first-order chi connectivity index (χ1) is 8.04. The molecule has 4 nitrogen and oxygen atoms in total. The Kier molecular flexibility index (Phi) is 3.73. The van der Waals surface area contributed by atoms with E-state index in [-0.39, 0.29) is 11.9 Å². The first kappa shape index (κ1) is 12.8. The summed E-state index contributed by atoms with van der Waals surface area (Å²) < 4.78 is 5.30. The Hall–Kier alpha value is -0.610. The number of ether oxygens (including phenoxy) is 1. The zero-order valence-corrected chi connectivity index (χ0v) is 10.9. The SMILES string of the molecule is CC1CCCC1CNC(=O)C1(C)COCC1N. The average molecular weight is 240 g/mol. The molecule has 2 rings (SSSR count). The zero-order valence-electron chi connectivity index (χ0n) is 10.9. The average Bonchev–Trinajstić information content (AvgIpc) is 2.84. The fraction of sp³-hybridized carbons (Fsp3) is 0.923. The summed E-state index contributed by atoms with van der Waals surface area (Å²) in [5, 5.41) is 3.07. The lowest BCUT2D eigenvalue weighted by molar-refractivity contribution is -0.130. The molecule has 0 aromatic rings. The highest BCUT2D eigenvalue weighted by molar-refractivity contribution is 5.83. The van der Waals surface area contributed by atoms with Gasteiger partial charge in [-0.25, -0.2) is 0 Å². The van der Waals surface area contributed by atoms with E-state index in [0.717, 1.165) is 12.5 Å². The first-order valence-electron chi connectivity index (χ1n) is 6.65. The molecular formula is C13H24N2O2. The minimum Gasteiger partial charge on any atom is -0.379 e. The summed E-state index contributed by atoms with van der Waals surface area (Å²) in [6, 6.07) is -0.177. The normalized spacial score (nSPS) is 41.7. The molecule has 98 valence electrons. The van der Waals surface area contributed by atoms with E-state index < -0.39 is 5.41 Å². The molecule has 1 aliphatic heterocycles. The van der Waals surface area contributed by atoms with Crippen molar-refractivity contribution in [3.05, 3.63) is 0 Å². The van der Waals surface area contributed by atoms with Gasteiger partial charge in [-0.3, -0.25) is 4.79 Å². The maximum absolute atomic E-state index is 12.2. The summed E-state index contributed by atoms with van der Waals surface area (Å²) in [6.07, 6.45) is 3.82. The second kappa shape index (κ2) is 4.94. The predicted molar refractivity (Wildman–Crippen MR) is 66.4 cm³/mol. The molecule has 4 unspecified atom stereocenters. The third kappa shape index (κ3) is 2.47. The Bertz CT molecular complexity index is 295. The second-order valence-corrected chi connectivity index (χ2v) is 5.92. The van der Waals surface area contributed by atoms with Crippen molar-refractivity contribution in [3.8, 4) is 0 Å². The van der Waals surface area contributed by atoms with Crippen LogP contribution in [0.25, 0.3) is 0 Å². The maximum atomic E-state index is 12.2. The van der Waals surface area contributed by atoms with E-state index in [1.165, 1.54) is 19.3 Å². The number of hydrogen-bond acceptors (Lipinski definition) is 3. The van der Waals surface area contributed by atoms with Crippen LogP contribution in [0, 0.1) is 17.3 Å². The van der Waals surface area contributed by atoms with Crippen molar-refractivity contribution in [1.29, 1.82) is 0 Å². The molecule has 4 atom stereocenters.